The van der Waals surface area contributed by atoms with Gasteiger partial charge in [0.2, 0.25) is 5.91 Å². The summed E-state index contributed by atoms with van der Waals surface area (Å²) >= 11 is 1.63. The average molecular weight is 417 g/mol. The van der Waals surface area contributed by atoms with Crippen molar-refractivity contribution in [3.05, 3.63) is 95.1 Å². The molecule has 152 valence electrons. The Morgan fingerprint density at radius 3 is 2.57 bits per heavy atom. The number of thioether (sulfide) groups is 1. The van der Waals surface area contributed by atoms with Gasteiger partial charge in [-0.3, -0.25) is 9.59 Å². The van der Waals surface area contributed by atoms with Crippen LogP contribution in [0.2, 0.25) is 0 Å². The molecule has 3 aromatic rings. The molecule has 0 spiro atoms. The fraction of sp³-hybridized carbons (Fsp3) is 0.200. The van der Waals surface area contributed by atoms with Gasteiger partial charge in [0.25, 0.3) is 5.91 Å². The zero-order valence-corrected chi connectivity index (χ0v) is 17.9. The van der Waals surface area contributed by atoms with Gasteiger partial charge in [0.1, 0.15) is 0 Å². The molecule has 4 rings (SSSR count). The molecule has 5 heteroatoms. The van der Waals surface area contributed by atoms with Gasteiger partial charge >= 0.3 is 0 Å². The van der Waals surface area contributed by atoms with E-state index in [0.29, 0.717) is 6.54 Å². The van der Waals surface area contributed by atoms with Crippen LogP contribution in [0.25, 0.3) is 0 Å². The molecule has 0 saturated heterocycles. The molecule has 4 nitrogen and oxygen atoms in total. The summed E-state index contributed by atoms with van der Waals surface area (Å²) in [5.74, 6) is -0.129. The van der Waals surface area contributed by atoms with Crippen molar-refractivity contribution in [2.45, 2.75) is 30.8 Å². The van der Waals surface area contributed by atoms with E-state index in [4.69, 9.17) is 0 Å². The zero-order chi connectivity index (χ0) is 21.1. The molecule has 0 aliphatic carbocycles. The lowest BCUT2D eigenvalue weighted by Gasteiger charge is -2.28. The van der Waals surface area contributed by atoms with Crippen molar-refractivity contribution in [3.63, 3.8) is 0 Å². The molecular weight excluding hydrogens is 392 g/mol. The smallest absolute Gasteiger partial charge is 0.255 e. The molecule has 0 bridgehead atoms. The fourth-order valence-electron chi connectivity index (χ4n) is 3.81. The number of fused-ring (bicyclic) bond motifs is 1. The van der Waals surface area contributed by atoms with Crippen LogP contribution in [0.3, 0.4) is 0 Å². The fourth-order valence-corrected chi connectivity index (χ4v) is 4.27. The molecule has 2 amide bonds. The third-order valence-corrected chi connectivity index (χ3v) is 6.15. The van der Waals surface area contributed by atoms with Crippen molar-refractivity contribution in [2.75, 3.05) is 11.6 Å². The van der Waals surface area contributed by atoms with Gasteiger partial charge in [-0.1, -0.05) is 54.1 Å². The van der Waals surface area contributed by atoms with Crippen LogP contribution in [0, 0.1) is 6.92 Å². The van der Waals surface area contributed by atoms with Gasteiger partial charge in [0.15, 0.2) is 0 Å². The largest absolute Gasteiger partial charge is 0.327 e. The minimum Gasteiger partial charge on any atom is -0.327 e. The summed E-state index contributed by atoms with van der Waals surface area (Å²) in [5, 5.41) is 3.00. The lowest BCUT2D eigenvalue weighted by molar-refractivity contribution is -0.117. The summed E-state index contributed by atoms with van der Waals surface area (Å²) in [6.45, 7) is 2.55. The minimum atomic E-state index is -0.325. The zero-order valence-electron chi connectivity index (χ0n) is 17.1. The normalized spacial score (nSPS) is 13.8. The summed E-state index contributed by atoms with van der Waals surface area (Å²) in [6, 6.07) is 23.2. The number of hydrogen-bond donors (Lipinski definition) is 1. The van der Waals surface area contributed by atoms with Crippen LogP contribution in [-0.2, 0) is 11.3 Å². The summed E-state index contributed by atoms with van der Waals surface area (Å²) < 4.78 is 0. The van der Waals surface area contributed by atoms with Gasteiger partial charge in [0.05, 0.1) is 12.5 Å². The number of nitrogens with zero attached hydrogens (tertiary/aromatic N) is 1. The standard InChI is InChI=1S/C25H24N2O2S/c1-17-10-12-18(13-11-17)23(27-16-19-6-3-4-9-22(19)25(27)29)15-24(28)26-20-7-5-8-21(14-20)30-2/h3-14,23H,15-16H2,1-2H3,(H,26,28)/t23-/m0/s1. The highest BCUT2D eigenvalue weighted by Gasteiger charge is 2.34. The number of aryl methyl sites for hydroxylation is 1. The van der Waals surface area contributed by atoms with Crippen LogP contribution < -0.4 is 5.32 Å². The molecule has 1 aliphatic heterocycles. The summed E-state index contributed by atoms with van der Waals surface area (Å²) in [6.07, 6.45) is 2.21. The van der Waals surface area contributed by atoms with Crippen LogP contribution in [0.15, 0.2) is 77.7 Å². The molecule has 1 heterocycles. The Morgan fingerprint density at radius 1 is 1.07 bits per heavy atom. The lowest BCUT2D eigenvalue weighted by atomic mass is 10.00. The first-order chi connectivity index (χ1) is 14.5. The monoisotopic (exact) mass is 416 g/mol. The van der Waals surface area contributed by atoms with E-state index in [9.17, 15) is 9.59 Å². The Labute approximate surface area is 181 Å². The van der Waals surface area contributed by atoms with E-state index in [2.05, 4.69) is 5.32 Å². The predicted molar refractivity (Wildman–Crippen MR) is 122 cm³/mol. The Hall–Kier alpha value is -3.05. The molecule has 30 heavy (non-hydrogen) atoms. The summed E-state index contributed by atoms with van der Waals surface area (Å²) in [5.41, 5.74) is 4.61. The van der Waals surface area contributed by atoms with Gasteiger partial charge in [-0.15, -0.1) is 11.8 Å². The molecule has 1 atom stereocenters. The van der Waals surface area contributed by atoms with Crippen LogP contribution in [0.4, 0.5) is 5.69 Å². The maximum absolute atomic E-state index is 13.1. The van der Waals surface area contributed by atoms with E-state index < -0.39 is 0 Å². The molecule has 0 saturated carbocycles. The number of carbonyl (C=O) groups excluding carboxylic acids is 2. The van der Waals surface area contributed by atoms with Gasteiger partial charge in [-0.25, -0.2) is 0 Å². The number of anilines is 1. The molecule has 1 aliphatic rings. The lowest BCUT2D eigenvalue weighted by Crippen LogP contribution is -2.32. The summed E-state index contributed by atoms with van der Waals surface area (Å²) in [4.78, 5) is 28.9. The number of nitrogens with one attached hydrogen (secondary N) is 1. The first kappa shape index (κ1) is 20.2. The van der Waals surface area contributed by atoms with Crippen LogP contribution in [0.5, 0.6) is 0 Å². The number of rotatable bonds is 6. The molecule has 0 unspecified atom stereocenters. The average Bonchev–Trinajstić information content (AvgIpc) is 3.09. The second-order valence-corrected chi connectivity index (χ2v) is 8.38. The number of benzene rings is 3. The van der Waals surface area contributed by atoms with E-state index >= 15 is 0 Å². The van der Waals surface area contributed by atoms with Crippen LogP contribution in [0.1, 0.15) is 39.5 Å². The quantitative estimate of drug-likeness (QED) is 0.544. The number of carbonyl (C=O) groups is 2. The van der Waals surface area contributed by atoms with Crippen LogP contribution >= 0.6 is 11.8 Å². The third kappa shape index (κ3) is 4.26. The van der Waals surface area contributed by atoms with Crippen molar-refractivity contribution in [3.8, 4) is 0 Å². The first-order valence-electron chi connectivity index (χ1n) is 9.94. The second kappa shape index (κ2) is 8.76. The highest BCUT2D eigenvalue weighted by atomic mass is 32.2. The van der Waals surface area contributed by atoms with Crippen molar-refractivity contribution < 1.29 is 9.59 Å². The minimum absolute atomic E-state index is 0.0200. The Bertz CT molecular complexity index is 1080. The van der Waals surface area contributed by atoms with Crippen molar-refractivity contribution >= 4 is 29.3 Å². The van der Waals surface area contributed by atoms with Gasteiger partial charge in [0, 0.05) is 22.7 Å². The topological polar surface area (TPSA) is 49.4 Å². The highest BCUT2D eigenvalue weighted by Crippen LogP contribution is 2.34. The molecule has 0 radical (unpaired) electrons. The number of hydrogen-bond acceptors (Lipinski definition) is 3. The van der Waals surface area contributed by atoms with Crippen LogP contribution in [-0.4, -0.2) is 23.0 Å². The maximum Gasteiger partial charge on any atom is 0.255 e. The highest BCUT2D eigenvalue weighted by molar-refractivity contribution is 7.98. The third-order valence-electron chi connectivity index (χ3n) is 5.42. The Balaban J connectivity index is 1.59. The SMILES string of the molecule is CSc1cccc(NC(=O)C[C@@H](c2ccc(C)cc2)N2Cc3ccccc3C2=O)c1. The summed E-state index contributed by atoms with van der Waals surface area (Å²) in [7, 11) is 0. The van der Waals surface area contributed by atoms with E-state index in [1.54, 1.807) is 11.8 Å². The molecule has 3 aromatic carbocycles. The van der Waals surface area contributed by atoms with E-state index in [1.807, 2.05) is 90.9 Å². The predicted octanol–water partition coefficient (Wildman–Crippen LogP) is 5.44. The Kier molecular flexibility index (Phi) is 5.91. The van der Waals surface area contributed by atoms with E-state index in [1.165, 1.54) is 0 Å². The molecule has 1 N–H and O–H groups in total. The van der Waals surface area contributed by atoms with Gasteiger partial charge < -0.3 is 10.2 Å². The molecular formula is C25H24N2O2S. The van der Waals surface area contributed by atoms with E-state index in [-0.39, 0.29) is 24.3 Å². The van der Waals surface area contributed by atoms with Crippen molar-refractivity contribution in [2.24, 2.45) is 0 Å². The second-order valence-electron chi connectivity index (χ2n) is 7.50. The van der Waals surface area contributed by atoms with E-state index in [0.717, 1.165) is 32.8 Å². The van der Waals surface area contributed by atoms with Crippen molar-refractivity contribution in [1.82, 2.24) is 4.90 Å². The maximum atomic E-state index is 13.1. The Morgan fingerprint density at radius 2 is 1.83 bits per heavy atom. The molecule has 0 aromatic heterocycles. The molecule has 0 fully saturated rings. The first-order valence-corrected chi connectivity index (χ1v) is 11.2. The van der Waals surface area contributed by atoms with Gasteiger partial charge in [-0.2, -0.15) is 0 Å². The number of amides is 2. The van der Waals surface area contributed by atoms with Crippen molar-refractivity contribution in [1.29, 1.82) is 0 Å². The van der Waals surface area contributed by atoms with Gasteiger partial charge in [-0.05, 0) is 48.6 Å².